The number of esters is 1. The zero-order valence-corrected chi connectivity index (χ0v) is 14.5. The number of hydrogen-bond donors (Lipinski definition) is 4. The van der Waals surface area contributed by atoms with E-state index in [1.165, 1.54) is 12.3 Å². The molecule has 0 amide bonds. The number of benzene rings is 1. The van der Waals surface area contributed by atoms with Crippen LogP contribution in [0.15, 0.2) is 41.3 Å². The van der Waals surface area contributed by atoms with Gasteiger partial charge in [0.15, 0.2) is 12.3 Å². The number of nitrogens with one attached hydrogen (secondary N) is 1. The number of para-hydroxylation sites is 1. The fourth-order valence-electron chi connectivity index (χ4n) is 2.91. The van der Waals surface area contributed by atoms with E-state index < -0.39 is 42.8 Å². The lowest BCUT2D eigenvalue weighted by Crippen LogP contribution is -2.39. The first kappa shape index (κ1) is 18.8. The van der Waals surface area contributed by atoms with E-state index in [1.807, 2.05) is 0 Å². The summed E-state index contributed by atoms with van der Waals surface area (Å²) in [6.45, 7) is -0.518. The van der Waals surface area contributed by atoms with Crippen molar-refractivity contribution in [3.63, 3.8) is 0 Å². The molecule has 144 valence electrons. The summed E-state index contributed by atoms with van der Waals surface area (Å²) in [5, 5.41) is 22.7. The lowest BCUT2D eigenvalue weighted by molar-refractivity contribution is -0.0602. The summed E-state index contributed by atoms with van der Waals surface area (Å²) in [4.78, 5) is 28.4. The third kappa shape index (κ3) is 3.63. The molecule has 0 spiro atoms. The minimum atomic E-state index is -1.34. The second-order valence-corrected chi connectivity index (χ2v) is 5.95. The van der Waals surface area contributed by atoms with Crippen molar-refractivity contribution < 1.29 is 24.5 Å². The van der Waals surface area contributed by atoms with Gasteiger partial charge in [0.1, 0.15) is 18.0 Å². The highest BCUT2D eigenvalue weighted by atomic mass is 16.6. The minimum Gasteiger partial charge on any atom is -0.451 e. The molecule has 0 aliphatic carbocycles. The average Bonchev–Trinajstić information content (AvgIpc) is 2.97. The summed E-state index contributed by atoms with van der Waals surface area (Å²) in [5.41, 5.74) is 5.54. The van der Waals surface area contributed by atoms with E-state index in [1.54, 1.807) is 31.3 Å². The second-order valence-electron chi connectivity index (χ2n) is 5.95. The maximum atomic E-state index is 12.6. The first-order valence-electron chi connectivity index (χ1n) is 8.23. The lowest BCUT2D eigenvalue weighted by atomic mass is 10.1. The molecule has 2 aromatic rings. The number of aromatic nitrogens is 2. The van der Waals surface area contributed by atoms with Crippen molar-refractivity contribution in [2.24, 2.45) is 0 Å². The molecular weight excluding hydrogens is 356 g/mol. The van der Waals surface area contributed by atoms with Gasteiger partial charge in [0.25, 0.3) is 0 Å². The molecule has 10 nitrogen and oxygen atoms in total. The predicted molar refractivity (Wildman–Crippen MR) is 95.1 cm³/mol. The smallest absolute Gasteiger partial charge is 0.351 e. The normalized spacial score (nSPS) is 24.6. The SMILES string of the molecule is CNc1ccccc1C(=O)O[C@@H]1[C@H](O)[C@@H](CO)O[C@H]1n1ccc(N)nc1=O. The molecule has 1 aliphatic rings. The molecule has 2 heterocycles. The molecule has 0 radical (unpaired) electrons. The zero-order chi connectivity index (χ0) is 19.6. The number of anilines is 2. The van der Waals surface area contributed by atoms with Crippen LogP contribution in [0.1, 0.15) is 16.6 Å². The van der Waals surface area contributed by atoms with Crippen molar-refractivity contribution in [1.82, 2.24) is 9.55 Å². The van der Waals surface area contributed by atoms with Gasteiger partial charge in [-0.25, -0.2) is 9.59 Å². The van der Waals surface area contributed by atoms with Gasteiger partial charge in [-0.15, -0.1) is 0 Å². The van der Waals surface area contributed by atoms with E-state index in [4.69, 9.17) is 15.2 Å². The Kier molecular flexibility index (Phi) is 5.40. The molecule has 1 aromatic heterocycles. The van der Waals surface area contributed by atoms with Gasteiger partial charge in [-0.2, -0.15) is 4.98 Å². The van der Waals surface area contributed by atoms with E-state index >= 15 is 0 Å². The molecule has 1 aliphatic heterocycles. The molecule has 4 atom stereocenters. The van der Waals surface area contributed by atoms with Crippen LogP contribution in [0.4, 0.5) is 11.5 Å². The van der Waals surface area contributed by atoms with E-state index in [0.717, 1.165) is 4.57 Å². The van der Waals surface area contributed by atoms with E-state index in [0.29, 0.717) is 5.69 Å². The fourth-order valence-corrected chi connectivity index (χ4v) is 2.91. The zero-order valence-electron chi connectivity index (χ0n) is 14.5. The van der Waals surface area contributed by atoms with E-state index in [2.05, 4.69) is 10.3 Å². The van der Waals surface area contributed by atoms with Crippen LogP contribution >= 0.6 is 0 Å². The first-order chi connectivity index (χ1) is 13.0. The maximum Gasteiger partial charge on any atom is 0.351 e. The van der Waals surface area contributed by atoms with Crippen LogP contribution in [-0.4, -0.2) is 57.7 Å². The van der Waals surface area contributed by atoms with Gasteiger partial charge in [-0.3, -0.25) is 4.57 Å². The lowest BCUT2D eigenvalue weighted by Gasteiger charge is -2.22. The van der Waals surface area contributed by atoms with Crippen molar-refractivity contribution in [2.75, 3.05) is 24.7 Å². The third-order valence-corrected chi connectivity index (χ3v) is 4.28. The highest BCUT2D eigenvalue weighted by molar-refractivity contribution is 5.95. The van der Waals surface area contributed by atoms with Gasteiger partial charge in [0, 0.05) is 18.9 Å². The quantitative estimate of drug-likeness (QED) is 0.499. The first-order valence-corrected chi connectivity index (χ1v) is 8.23. The van der Waals surface area contributed by atoms with E-state index in [-0.39, 0.29) is 11.4 Å². The van der Waals surface area contributed by atoms with Gasteiger partial charge in [-0.1, -0.05) is 12.1 Å². The standard InChI is InChI=1S/C17H20N4O6/c1-19-10-5-3-2-4-9(10)16(24)27-14-13(23)11(8-22)26-15(14)21-7-6-12(18)20-17(21)25/h2-7,11,13-15,19,22-23H,8H2,1H3,(H2,18,20,25)/t11-,13-,14-,15-/m1/s1. The largest absolute Gasteiger partial charge is 0.451 e. The van der Waals surface area contributed by atoms with Crippen LogP contribution in [0.25, 0.3) is 0 Å². The number of ether oxygens (including phenoxy) is 2. The molecule has 1 saturated heterocycles. The number of aliphatic hydroxyl groups excluding tert-OH is 2. The van der Waals surface area contributed by atoms with Gasteiger partial charge in [0.2, 0.25) is 0 Å². The highest BCUT2D eigenvalue weighted by Gasteiger charge is 2.47. The fraction of sp³-hybridized carbons (Fsp3) is 0.353. The van der Waals surface area contributed by atoms with Crippen molar-refractivity contribution >= 4 is 17.5 Å². The number of nitrogens with zero attached hydrogens (tertiary/aromatic N) is 2. The summed E-state index contributed by atoms with van der Waals surface area (Å²) < 4.78 is 12.0. The Morgan fingerprint density at radius 1 is 1.41 bits per heavy atom. The summed E-state index contributed by atoms with van der Waals surface area (Å²) in [7, 11) is 1.66. The number of rotatable bonds is 5. The Hall–Kier alpha value is -2.95. The number of nitrogen functional groups attached to an aromatic ring is 1. The molecule has 1 fully saturated rings. The van der Waals surface area contributed by atoms with Gasteiger partial charge < -0.3 is 30.7 Å². The number of hydrogen-bond acceptors (Lipinski definition) is 9. The van der Waals surface area contributed by atoms with Crippen LogP contribution in [0.2, 0.25) is 0 Å². The Morgan fingerprint density at radius 2 is 2.15 bits per heavy atom. The number of carbonyl (C=O) groups is 1. The van der Waals surface area contributed by atoms with E-state index in [9.17, 15) is 19.8 Å². The molecule has 3 rings (SSSR count). The Bertz CT molecular complexity index is 886. The Labute approximate surface area is 154 Å². The Morgan fingerprint density at radius 3 is 2.81 bits per heavy atom. The molecule has 0 bridgehead atoms. The summed E-state index contributed by atoms with van der Waals surface area (Å²) in [5.74, 6) is -0.697. The summed E-state index contributed by atoms with van der Waals surface area (Å²) >= 11 is 0. The van der Waals surface area contributed by atoms with Gasteiger partial charge >= 0.3 is 11.7 Å². The van der Waals surface area contributed by atoms with Crippen LogP contribution in [0, 0.1) is 0 Å². The van der Waals surface area contributed by atoms with Crippen molar-refractivity contribution in [3.05, 3.63) is 52.6 Å². The molecule has 5 N–H and O–H groups in total. The summed E-state index contributed by atoms with van der Waals surface area (Å²) in [6.07, 6.45) is -3.44. The third-order valence-electron chi connectivity index (χ3n) is 4.28. The molecule has 1 aromatic carbocycles. The van der Waals surface area contributed by atoms with Crippen LogP contribution < -0.4 is 16.7 Å². The van der Waals surface area contributed by atoms with Crippen LogP contribution in [0.5, 0.6) is 0 Å². The number of nitrogens with two attached hydrogens (primary N) is 1. The monoisotopic (exact) mass is 376 g/mol. The van der Waals surface area contributed by atoms with Crippen molar-refractivity contribution in [3.8, 4) is 0 Å². The van der Waals surface area contributed by atoms with Crippen molar-refractivity contribution in [2.45, 2.75) is 24.5 Å². The maximum absolute atomic E-state index is 12.6. The minimum absolute atomic E-state index is 0.0185. The number of aliphatic hydroxyl groups is 2. The van der Waals surface area contributed by atoms with Crippen LogP contribution in [-0.2, 0) is 9.47 Å². The molecule has 0 unspecified atom stereocenters. The predicted octanol–water partition coefficient (Wildman–Crippen LogP) is -0.657. The second kappa shape index (κ2) is 7.74. The molecule has 27 heavy (non-hydrogen) atoms. The van der Waals surface area contributed by atoms with Crippen LogP contribution in [0.3, 0.4) is 0 Å². The molecule has 0 saturated carbocycles. The number of carbonyl (C=O) groups excluding carboxylic acids is 1. The van der Waals surface area contributed by atoms with Gasteiger partial charge in [-0.05, 0) is 18.2 Å². The molecular formula is C17H20N4O6. The highest BCUT2D eigenvalue weighted by Crippen LogP contribution is 2.32. The summed E-state index contributed by atoms with van der Waals surface area (Å²) in [6, 6.07) is 8.05. The van der Waals surface area contributed by atoms with Crippen molar-refractivity contribution in [1.29, 1.82) is 0 Å². The van der Waals surface area contributed by atoms with Gasteiger partial charge in [0.05, 0.1) is 12.2 Å². The average molecular weight is 376 g/mol. The molecule has 10 heteroatoms. The topological polar surface area (TPSA) is 149 Å². The Balaban J connectivity index is 1.92.